The van der Waals surface area contributed by atoms with Gasteiger partial charge < -0.3 is 10.3 Å². The van der Waals surface area contributed by atoms with Gasteiger partial charge in [-0.05, 0) is 18.6 Å². The summed E-state index contributed by atoms with van der Waals surface area (Å²) in [6.45, 7) is 4.20. The van der Waals surface area contributed by atoms with Crippen LogP contribution in [0.3, 0.4) is 0 Å². The molecule has 0 amide bonds. The van der Waals surface area contributed by atoms with E-state index in [1.165, 1.54) is 0 Å². The average molecular weight is 247 g/mol. The molecule has 2 N–H and O–H groups in total. The summed E-state index contributed by atoms with van der Waals surface area (Å²) in [5.74, 6) is 1.05. The van der Waals surface area contributed by atoms with E-state index in [0.29, 0.717) is 4.99 Å². The van der Waals surface area contributed by atoms with Crippen LogP contribution in [0.2, 0.25) is 0 Å². The van der Waals surface area contributed by atoms with E-state index in [2.05, 4.69) is 29.5 Å². The van der Waals surface area contributed by atoms with E-state index in [0.717, 1.165) is 29.7 Å². The Morgan fingerprint density at radius 3 is 2.71 bits per heavy atom. The molecule has 1 heterocycles. The molecule has 1 atom stereocenters. The number of benzene rings is 1. The number of hydrogen-bond acceptors (Lipinski definition) is 2. The summed E-state index contributed by atoms with van der Waals surface area (Å²) in [6.07, 6.45) is 1.77. The van der Waals surface area contributed by atoms with Gasteiger partial charge in [0.2, 0.25) is 0 Å². The number of aryl methyl sites for hydroxylation is 1. The predicted octanol–water partition coefficient (Wildman–Crippen LogP) is 2.84. The molecule has 90 valence electrons. The van der Waals surface area contributed by atoms with Crippen LogP contribution in [-0.4, -0.2) is 14.5 Å². The number of fused-ring (bicyclic) bond motifs is 1. The molecule has 1 unspecified atom stereocenters. The molecule has 1 aromatic carbocycles. The molecule has 0 spiro atoms. The number of imidazole rings is 1. The average Bonchev–Trinajstić information content (AvgIpc) is 2.69. The van der Waals surface area contributed by atoms with Crippen molar-refractivity contribution in [2.24, 2.45) is 5.73 Å². The van der Waals surface area contributed by atoms with Gasteiger partial charge in [-0.3, -0.25) is 0 Å². The van der Waals surface area contributed by atoms with Gasteiger partial charge in [0.05, 0.1) is 22.1 Å². The van der Waals surface area contributed by atoms with Crippen molar-refractivity contribution >= 4 is 28.2 Å². The molecule has 0 fully saturated rings. The second-order valence-corrected chi connectivity index (χ2v) is 4.54. The van der Waals surface area contributed by atoms with Gasteiger partial charge in [-0.15, -0.1) is 0 Å². The molecule has 2 rings (SSSR count). The van der Waals surface area contributed by atoms with Gasteiger partial charge in [0.1, 0.15) is 5.82 Å². The highest BCUT2D eigenvalue weighted by molar-refractivity contribution is 7.80. The third-order valence-corrected chi connectivity index (χ3v) is 3.28. The number of rotatable bonds is 4. The molecular weight excluding hydrogens is 230 g/mol. The Labute approximate surface area is 107 Å². The van der Waals surface area contributed by atoms with Gasteiger partial charge in [0.15, 0.2) is 0 Å². The van der Waals surface area contributed by atoms with E-state index in [1.54, 1.807) is 0 Å². The normalized spacial score (nSPS) is 12.8. The molecule has 0 bridgehead atoms. The molecular formula is C13H17N3S. The zero-order valence-electron chi connectivity index (χ0n) is 10.2. The Morgan fingerprint density at radius 1 is 1.41 bits per heavy atom. The fourth-order valence-corrected chi connectivity index (χ4v) is 2.47. The molecule has 17 heavy (non-hydrogen) atoms. The van der Waals surface area contributed by atoms with Crippen LogP contribution in [0.15, 0.2) is 24.3 Å². The van der Waals surface area contributed by atoms with Gasteiger partial charge in [-0.25, -0.2) is 4.98 Å². The van der Waals surface area contributed by atoms with Crippen LogP contribution in [-0.2, 0) is 6.42 Å². The van der Waals surface area contributed by atoms with E-state index in [9.17, 15) is 0 Å². The maximum atomic E-state index is 5.84. The van der Waals surface area contributed by atoms with Crippen molar-refractivity contribution in [2.75, 3.05) is 0 Å². The van der Waals surface area contributed by atoms with Crippen molar-refractivity contribution in [3.8, 4) is 0 Å². The van der Waals surface area contributed by atoms with Gasteiger partial charge >= 0.3 is 0 Å². The first-order valence-corrected chi connectivity index (χ1v) is 6.35. The SMILES string of the molecule is CCc1nc2ccccc2n1C(CC)C(N)=S. The summed E-state index contributed by atoms with van der Waals surface area (Å²) in [4.78, 5) is 5.16. The highest BCUT2D eigenvalue weighted by Gasteiger charge is 2.18. The fraction of sp³-hybridized carbons (Fsp3) is 0.385. The van der Waals surface area contributed by atoms with Gasteiger partial charge in [-0.1, -0.05) is 38.2 Å². The molecule has 4 heteroatoms. The first-order chi connectivity index (χ1) is 8.19. The Kier molecular flexibility index (Phi) is 3.43. The molecule has 2 aromatic rings. The quantitative estimate of drug-likeness (QED) is 0.845. The van der Waals surface area contributed by atoms with E-state index in [4.69, 9.17) is 18.0 Å². The zero-order chi connectivity index (χ0) is 12.4. The highest BCUT2D eigenvalue weighted by atomic mass is 32.1. The van der Waals surface area contributed by atoms with Crippen LogP contribution in [0, 0.1) is 0 Å². The van der Waals surface area contributed by atoms with Crippen molar-refractivity contribution in [1.29, 1.82) is 0 Å². The second-order valence-electron chi connectivity index (χ2n) is 4.07. The Morgan fingerprint density at radius 2 is 2.12 bits per heavy atom. The third kappa shape index (κ3) is 2.05. The lowest BCUT2D eigenvalue weighted by atomic mass is 10.2. The zero-order valence-corrected chi connectivity index (χ0v) is 11.0. The smallest absolute Gasteiger partial charge is 0.110 e. The fourth-order valence-electron chi connectivity index (χ4n) is 2.20. The molecule has 0 aliphatic rings. The van der Waals surface area contributed by atoms with Crippen LogP contribution in [0.1, 0.15) is 32.1 Å². The van der Waals surface area contributed by atoms with Crippen molar-refractivity contribution in [1.82, 2.24) is 9.55 Å². The first kappa shape index (κ1) is 12.0. The number of para-hydroxylation sites is 2. The number of hydrogen-bond donors (Lipinski definition) is 1. The summed E-state index contributed by atoms with van der Waals surface area (Å²) in [6, 6.07) is 8.18. The maximum absolute atomic E-state index is 5.84. The van der Waals surface area contributed by atoms with Crippen molar-refractivity contribution < 1.29 is 0 Å². The topological polar surface area (TPSA) is 43.8 Å². The summed E-state index contributed by atoms with van der Waals surface area (Å²) in [5.41, 5.74) is 7.96. The number of thiocarbonyl (C=S) groups is 1. The lowest BCUT2D eigenvalue weighted by Crippen LogP contribution is -2.25. The molecule has 0 saturated carbocycles. The summed E-state index contributed by atoms with van der Waals surface area (Å²) in [5, 5.41) is 0. The number of aromatic nitrogens is 2. The van der Waals surface area contributed by atoms with E-state index < -0.39 is 0 Å². The number of nitrogens with two attached hydrogens (primary N) is 1. The largest absolute Gasteiger partial charge is 0.392 e. The van der Waals surface area contributed by atoms with Crippen LogP contribution in [0.4, 0.5) is 0 Å². The third-order valence-electron chi connectivity index (χ3n) is 3.01. The molecule has 0 radical (unpaired) electrons. The Bertz CT molecular complexity index is 545. The van der Waals surface area contributed by atoms with Crippen LogP contribution in [0.5, 0.6) is 0 Å². The Hall–Kier alpha value is -1.42. The molecule has 1 aromatic heterocycles. The van der Waals surface area contributed by atoms with E-state index in [1.807, 2.05) is 18.2 Å². The van der Waals surface area contributed by atoms with Crippen LogP contribution in [0.25, 0.3) is 11.0 Å². The van der Waals surface area contributed by atoms with Crippen molar-refractivity contribution in [3.63, 3.8) is 0 Å². The lowest BCUT2D eigenvalue weighted by molar-refractivity contribution is 0.607. The first-order valence-electron chi connectivity index (χ1n) is 5.94. The summed E-state index contributed by atoms with van der Waals surface area (Å²) in [7, 11) is 0. The van der Waals surface area contributed by atoms with Gasteiger partial charge in [0.25, 0.3) is 0 Å². The molecule has 0 aliphatic carbocycles. The van der Waals surface area contributed by atoms with Crippen molar-refractivity contribution in [3.05, 3.63) is 30.1 Å². The molecule has 3 nitrogen and oxygen atoms in total. The van der Waals surface area contributed by atoms with Crippen molar-refractivity contribution in [2.45, 2.75) is 32.7 Å². The second kappa shape index (κ2) is 4.84. The summed E-state index contributed by atoms with van der Waals surface area (Å²) < 4.78 is 2.18. The monoisotopic (exact) mass is 247 g/mol. The minimum Gasteiger partial charge on any atom is -0.392 e. The predicted molar refractivity (Wildman–Crippen MR) is 75.2 cm³/mol. The minimum atomic E-state index is 0.0624. The summed E-state index contributed by atoms with van der Waals surface area (Å²) >= 11 is 5.16. The maximum Gasteiger partial charge on any atom is 0.110 e. The standard InChI is InChI=1S/C13H17N3S/c1-3-10(13(14)17)16-11-8-6-5-7-9(11)15-12(16)4-2/h5-8,10H,3-4H2,1-2H3,(H2,14,17). The molecule has 0 aliphatic heterocycles. The van der Waals surface area contributed by atoms with Crippen LogP contribution < -0.4 is 5.73 Å². The molecule has 0 saturated heterocycles. The Balaban J connectivity index is 2.68. The lowest BCUT2D eigenvalue weighted by Gasteiger charge is -2.18. The van der Waals surface area contributed by atoms with Crippen LogP contribution >= 0.6 is 12.2 Å². The highest BCUT2D eigenvalue weighted by Crippen LogP contribution is 2.23. The minimum absolute atomic E-state index is 0.0624. The van der Waals surface area contributed by atoms with Gasteiger partial charge in [0, 0.05) is 6.42 Å². The van der Waals surface area contributed by atoms with E-state index in [-0.39, 0.29) is 6.04 Å². The van der Waals surface area contributed by atoms with Gasteiger partial charge in [-0.2, -0.15) is 0 Å². The number of nitrogens with zero attached hydrogens (tertiary/aromatic N) is 2. The van der Waals surface area contributed by atoms with E-state index >= 15 is 0 Å².